The predicted octanol–water partition coefficient (Wildman–Crippen LogP) is 5.23. The molecule has 0 bridgehead atoms. The van der Waals surface area contributed by atoms with E-state index in [4.69, 9.17) is 4.74 Å². The molecular formula is C24H25NO2. The van der Waals surface area contributed by atoms with E-state index in [1.807, 2.05) is 57.2 Å². The van der Waals surface area contributed by atoms with E-state index >= 15 is 0 Å². The van der Waals surface area contributed by atoms with Crippen LogP contribution in [-0.4, -0.2) is 12.5 Å². The monoisotopic (exact) mass is 359 g/mol. The molecule has 0 spiro atoms. The van der Waals surface area contributed by atoms with Crippen molar-refractivity contribution in [3.63, 3.8) is 0 Å². The maximum absolute atomic E-state index is 12.2. The number of carbonyl (C=O) groups is 1. The van der Waals surface area contributed by atoms with Crippen molar-refractivity contribution >= 4 is 5.91 Å². The van der Waals surface area contributed by atoms with Gasteiger partial charge in [-0.2, -0.15) is 0 Å². The minimum atomic E-state index is -0.129. The first-order chi connectivity index (χ1) is 13.0. The lowest BCUT2D eigenvalue weighted by Gasteiger charge is -2.16. The summed E-state index contributed by atoms with van der Waals surface area (Å²) in [5.41, 5.74) is 5.55. The van der Waals surface area contributed by atoms with Crippen molar-refractivity contribution in [1.82, 2.24) is 5.32 Å². The minimum Gasteiger partial charge on any atom is -0.483 e. The van der Waals surface area contributed by atoms with Crippen LogP contribution in [-0.2, 0) is 4.79 Å². The fourth-order valence-corrected chi connectivity index (χ4v) is 2.97. The molecule has 27 heavy (non-hydrogen) atoms. The molecule has 0 unspecified atom stereocenters. The molecule has 0 heterocycles. The van der Waals surface area contributed by atoms with Crippen LogP contribution in [0.5, 0.6) is 5.75 Å². The Balaban J connectivity index is 1.57. The lowest BCUT2D eigenvalue weighted by molar-refractivity contribution is -0.123. The molecule has 3 aromatic rings. The molecule has 0 aliphatic heterocycles. The zero-order chi connectivity index (χ0) is 19.2. The Morgan fingerprint density at radius 2 is 1.59 bits per heavy atom. The van der Waals surface area contributed by atoms with Crippen LogP contribution < -0.4 is 10.1 Å². The Morgan fingerprint density at radius 1 is 0.926 bits per heavy atom. The maximum Gasteiger partial charge on any atom is 0.258 e. The van der Waals surface area contributed by atoms with Gasteiger partial charge in [-0.25, -0.2) is 0 Å². The Hall–Kier alpha value is -3.07. The second kappa shape index (κ2) is 8.54. The molecule has 138 valence electrons. The summed E-state index contributed by atoms with van der Waals surface area (Å²) in [5.74, 6) is 0.626. The van der Waals surface area contributed by atoms with Crippen LogP contribution >= 0.6 is 0 Å². The average molecular weight is 359 g/mol. The van der Waals surface area contributed by atoms with Gasteiger partial charge >= 0.3 is 0 Å². The summed E-state index contributed by atoms with van der Waals surface area (Å²) in [7, 11) is 0. The van der Waals surface area contributed by atoms with Gasteiger partial charge in [-0.1, -0.05) is 66.7 Å². The molecule has 0 aliphatic rings. The van der Waals surface area contributed by atoms with Gasteiger partial charge in [0.1, 0.15) is 5.75 Å². The zero-order valence-corrected chi connectivity index (χ0v) is 16.0. The van der Waals surface area contributed by atoms with Crippen molar-refractivity contribution in [2.75, 3.05) is 6.61 Å². The molecule has 0 radical (unpaired) electrons. The van der Waals surface area contributed by atoms with Crippen LogP contribution in [0.1, 0.15) is 29.7 Å². The third-order valence-corrected chi connectivity index (χ3v) is 4.60. The van der Waals surface area contributed by atoms with Gasteiger partial charge in [0.25, 0.3) is 5.91 Å². The Labute approximate surface area is 161 Å². The Kier molecular flexibility index (Phi) is 5.92. The van der Waals surface area contributed by atoms with E-state index in [0.29, 0.717) is 0 Å². The van der Waals surface area contributed by atoms with Gasteiger partial charge in [-0.05, 0) is 54.7 Å². The molecule has 0 aromatic heterocycles. The van der Waals surface area contributed by atoms with E-state index in [9.17, 15) is 4.79 Å². The second-order valence-electron chi connectivity index (χ2n) is 6.83. The summed E-state index contributed by atoms with van der Waals surface area (Å²) >= 11 is 0. The molecule has 3 aromatic carbocycles. The fourth-order valence-electron chi connectivity index (χ4n) is 2.97. The Morgan fingerprint density at radius 3 is 2.30 bits per heavy atom. The van der Waals surface area contributed by atoms with Gasteiger partial charge in [-0.3, -0.25) is 4.79 Å². The van der Waals surface area contributed by atoms with Crippen LogP contribution in [0.2, 0.25) is 0 Å². The van der Waals surface area contributed by atoms with Crippen molar-refractivity contribution in [2.24, 2.45) is 0 Å². The predicted molar refractivity (Wildman–Crippen MR) is 110 cm³/mol. The molecule has 0 saturated heterocycles. The number of aryl methyl sites for hydroxylation is 2. The van der Waals surface area contributed by atoms with E-state index in [0.717, 1.165) is 28.0 Å². The van der Waals surface area contributed by atoms with Crippen LogP contribution in [0.4, 0.5) is 0 Å². The van der Waals surface area contributed by atoms with E-state index in [1.165, 1.54) is 5.56 Å². The van der Waals surface area contributed by atoms with E-state index in [1.54, 1.807) is 0 Å². The first kappa shape index (κ1) is 18.7. The number of hydrogen-bond donors (Lipinski definition) is 1. The number of ether oxygens (including phenoxy) is 1. The van der Waals surface area contributed by atoms with Gasteiger partial charge in [-0.15, -0.1) is 0 Å². The van der Waals surface area contributed by atoms with Crippen LogP contribution in [0, 0.1) is 13.8 Å². The summed E-state index contributed by atoms with van der Waals surface area (Å²) in [6.07, 6.45) is 0. The van der Waals surface area contributed by atoms with Gasteiger partial charge in [0.05, 0.1) is 6.04 Å². The molecular weight excluding hydrogens is 334 g/mol. The lowest BCUT2D eigenvalue weighted by Crippen LogP contribution is -2.31. The standard InChI is InChI=1S/C24H25NO2/c1-17-9-10-18(2)23(15-17)27-16-24(26)25-19(3)20-11-13-22(14-12-20)21-7-5-4-6-8-21/h4-15,19H,16H2,1-3H3,(H,25,26)/t19-/m0/s1. The largest absolute Gasteiger partial charge is 0.483 e. The fraction of sp³-hybridized carbons (Fsp3) is 0.208. The van der Waals surface area contributed by atoms with Crippen LogP contribution in [0.3, 0.4) is 0 Å². The zero-order valence-electron chi connectivity index (χ0n) is 16.0. The normalized spacial score (nSPS) is 11.7. The molecule has 1 amide bonds. The summed E-state index contributed by atoms with van der Waals surface area (Å²) < 4.78 is 5.68. The summed E-state index contributed by atoms with van der Waals surface area (Å²) in [6.45, 7) is 5.97. The van der Waals surface area contributed by atoms with E-state index < -0.39 is 0 Å². The van der Waals surface area contributed by atoms with Crippen LogP contribution in [0.25, 0.3) is 11.1 Å². The number of benzene rings is 3. The van der Waals surface area contributed by atoms with Crippen LogP contribution in [0.15, 0.2) is 72.8 Å². The van der Waals surface area contributed by atoms with Gasteiger partial charge < -0.3 is 10.1 Å². The smallest absolute Gasteiger partial charge is 0.258 e. The van der Waals surface area contributed by atoms with Crippen molar-refractivity contribution in [2.45, 2.75) is 26.8 Å². The molecule has 1 atom stereocenters. The van der Waals surface area contributed by atoms with Crippen molar-refractivity contribution in [1.29, 1.82) is 0 Å². The first-order valence-electron chi connectivity index (χ1n) is 9.18. The molecule has 3 rings (SSSR count). The molecule has 3 nitrogen and oxygen atoms in total. The first-order valence-corrected chi connectivity index (χ1v) is 9.18. The SMILES string of the molecule is Cc1ccc(C)c(OCC(=O)N[C@@H](C)c2ccc(-c3ccccc3)cc2)c1. The quantitative estimate of drug-likeness (QED) is 0.655. The molecule has 3 heteroatoms. The summed E-state index contributed by atoms with van der Waals surface area (Å²) in [6, 6.07) is 24.4. The molecule has 0 fully saturated rings. The van der Waals surface area contributed by atoms with E-state index in [-0.39, 0.29) is 18.6 Å². The maximum atomic E-state index is 12.2. The van der Waals surface area contributed by atoms with Crippen molar-refractivity contribution < 1.29 is 9.53 Å². The number of amides is 1. The summed E-state index contributed by atoms with van der Waals surface area (Å²) in [5, 5.41) is 3.00. The number of carbonyl (C=O) groups excluding carboxylic acids is 1. The Bertz CT molecular complexity index is 901. The number of rotatable bonds is 6. The lowest BCUT2D eigenvalue weighted by atomic mass is 10.0. The molecule has 1 N–H and O–H groups in total. The highest BCUT2D eigenvalue weighted by Crippen LogP contribution is 2.22. The highest BCUT2D eigenvalue weighted by atomic mass is 16.5. The van der Waals surface area contributed by atoms with Crippen molar-refractivity contribution in [3.8, 4) is 16.9 Å². The average Bonchev–Trinajstić information content (AvgIpc) is 2.69. The topological polar surface area (TPSA) is 38.3 Å². The van der Waals surface area contributed by atoms with Gasteiger partial charge in [0.15, 0.2) is 6.61 Å². The highest BCUT2D eigenvalue weighted by molar-refractivity contribution is 5.78. The van der Waals surface area contributed by atoms with E-state index in [2.05, 4.69) is 41.7 Å². The van der Waals surface area contributed by atoms with Gasteiger partial charge in [0.2, 0.25) is 0 Å². The second-order valence-corrected chi connectivity index (χ2v) is 6.83. The minimum absolute atomic E-state index is 0.0106. The highest BCUT2D eigenvalue weighted by Gasteiger charge is 2.11. The third-order valence-electron chi connectivity index (χ3n) is 4.60. The summed E-state index contributed by atoms with van der Waals surface area (Å²) in [4.78, 5) is 12.2. The number of nitrogens with one attached hydrogen (secondary N) is 1. The molecule has 0 aliphatic carbocycles. The third kappa shape index (κ3) is 4.98. The molecule has 0 saturated carbocycles. The van der Waals surface area contributed by atoms with Crippen molar-refractivity contribution in [3.05, 3.63) is 89.5 Å². The number of hydrogen-bond acceptors (Lipinski definition) is 2. The van der Waals surface area contributed by atoms with Gasteiger partial charge in [0, 0.05) is 0 Å².